The molecule has 46 heavy (non-hydrogen) atoms. The lowest BCUT2D eigenvalue weighted by molar-refractivity contribution is -0.0122. The van der Waals surface area contributed by atoms with E-state index in [-0.39, 0.29) is 78.7 Å². The molecule has 246 valence electrons. The van der Waals surface area contributed by atoms with Gasteiger partial charge in [0.15, 0.2) is 17.5 Å². The Labute approximate surface area is 268 Å². The van der Waals surface area contributed by atoms with E-state index in [0.29, 0.717) is 22.8 Å². The van der Waals surface area contributed by atoms with E-state index in [9.17, 15) is 20.4 Å². The number of methoxy groups -OCH3 is 1. The Morgan fingerprint density at radius 1 is 0.565 bits per heavy atom. The fraction of sp³-hybridized carbons (Fsp3) is 0.382. The Morgan fingerprint density at radius 2 is 0.978 bits per heavy atom. The summed E-state index contributed by atoms with van der Waals surface area (Å²) in [6.07, 6.45) is -1.77. The van der Waals surface area contributed by atoms with Crippen LogP contribution in [-0.4, -0.2) is 93.3 Å². The van der Waals surface area contributed by atoms with Crippen molar-refractivity contribution in [1.29, 1.82) is 0 Å². The fourth-order valence-electron chi connectivity index (χ4n) is 4.14. The lowest BCUT2D eigenvalue weighted by atomic mass is 10.1. The first kappa shape index (κ1) is 34.4. The minimum Gasteiger partial charge on any atom is -0.507 e. The van der Waals surface area contributed by atoms with E-state index in [2.05, 4.69) is 15.0 Å². The highest BCUT2D eigenvalue weighted by Crippen LogP contribution is 2.36. The molecule has 0 radical (unpaired) electrons. The predicted molar refractivity (Wildman–Crippen MR) is 171 cm³/mol. The summed E-state index contributed by atoms with van der Waals surface area (Å²) in [6.45, 7) is 7.66. The van der Waals surface area contributed by atoms with Gasteiger partial charge in [0.2, 0.25) is 0 Å². The van der Waals surface area contributed by atoms with Crippen molar-refractivity contribution in [3.05, 3.63) is 60.7 Å². The maximum absolute atomic E-state index is 10.9. The number of aliphatic hydroxyl groups is 2. The monoisotopic (exact) mass is 635 g/mol. The van der Waals surface area contributed by atoms with E-state index in [0.717, 1.165) is 0 Å². The standard InChI is InChI=1S/C34H41N3O9/c1-20(2)43-16-23(38)18-45-26-10-12-30(40)28(14-26)33-35-32(22-6-8-25(42-5)9-7-22)36-34(37-33)29-15-27(11-13-31(29)41)46-19-24(39)17-44-21(3)4/h6-15,20-21,23-24,38-41H,16-19H2,1-5H3. The predicted octanol–water partition coefficient (Wildman–Crippen LogP) is 4.62. The van der Waals surface area contributed by atoms with Crippen LogP contribution in [0, 0.1) is 0 Å². The summed E-state index contributed by atoms with van der Waals surface area (Å²) in [4.78, 5) is 13.9. The van der Waals surface area contributed by atoms with Gasteiger partial charge in [-0.05, 0) is 88.4 Å². The SMILES string of the molecule is COc1ccc(-c2nc(-c3cc(OCC(O)COC(C)C)ccc3O)nc(-c3cc(OCC(O)COC(C)C)ccc3O)n2)cc1. The highest BCUT2D eigenvalue weighted by atomic mass is 16.5. The number of aromatic hydroxyl groups is 2. The van der Waals surface area contributed by atoms with Gasteiger partial charge < -0.3 is 44.1 Å². The molecule has 12 nitrogen and oxygen atoms in total. The van der Waals surface area contributed by atoms with E-state index < -0.39 is 12.2 Å². The number of rotatable bonds is 16. The van der Waals surface area contributed by atoms with Gasteiger partial charge in [-0.3, -0.25) is 0 Å². The first-order valence-electron chi connectivity index (χ1n) is 14.9. The van der Waals surface area contributed by atoms with Gasteiger partial charge in [-0.1, -0.05) is 0 Å². The van der Waals surface area contributed by atoms with Crippen LogP contribution < -0.4 is 14.2 Å². The highest BCUT2D eigenvalue weighted by Gasteiger charge is 2.19. The number of benzene rings is 3. The van der Waals surface area contributed by atoms with Crippen molar-refractivity contribution >= 4 is 0 Å². The van der Waals surface area contributed by atoms with Crippen LogP contribution in [0.15, 0.2) is 60.7 Å². The Hall–Kier alpha value is -4.49. The van der Waals surface area contributed by atoms with Crippen molar-refractivity contribution in [1.82, 2.24) is 15.0 Å². The average Bonchev–Trinajstić information content (AvgIpc) is 3.05. The van der Waals surface area contributed by atoms with Crippen molar-refractivity contribution in [2.24, 2.45) is 0 Å². The van der Waals surface area contributed by atoms with Crippen LogP contribution in [0.1, 0.15) is 27.7 Å². The quantitative estimate of drug-likeness (QED) is 0.135. The van der Waals surface area contributed by atoms with E-state index in [4.69, 9.17) is 23.7 Å². The summed E-state index contributed by atoms with van der Waals surface area (Å²) in [5.41, 5.74) is 1.11. The summed E-state index contributed by atoms with van der Waals surface area (Å²) in [7, 11) is 1.57. The zero-order valence-corrected chi connectivity index (χ0v) is 26.6. The van der Waals surface area contributed by atoms with Crippen LogP contribution in [0.5, 0.6) is 28.7 Å². The first-order valence-corrected chi connectivity index (χ1v) is 14.9. The van der Waals surface area contributed by atoms with Crippen LogP contribution in [0.25, 0.3) is 34.2 Å². The van der Waals surface area contributed by atoms with Crippen molar-refractivity contribution in [2.45, 2.75) is 52.1 Å². The number of nitrogens with zero attached hydrogens (tertiary/aromatic N) is 3. The van der Waals surface area contributed by atoms with Gasteiger partial charge in [0, 0.05) is 5.56 Å². The number of hydrogen-bond donors (Lipinski definition) is 4. The molecule has 0 aliphatic heterocycles. The largest absolute Gasteiger partial charge is 0.507 e. The molecular formula is C34H41N3O9. The van der Waals surface area contributed by atoms with Gasteiger partial charge in [0.05, 0.1) is 43.7 Å². The molecule has 1 aromatic heterocycles. The molecule has 12 heteroatoms. The molecule has 0 saturated heterocycles. The number of ether oxygens (including phenoxy) is 5. The van der Waals surface area contributed by atoms with Gasteiger partial charge in [-0.25, -0.2) is 15.0 Å². The second-order valence-electron chi connectivity index (χ2n) is 11.1. The molecule has 1 heterocycles. The van der Waals surface area contributed by atoms with Crippen molar-refractivity contribution in [2.75, 3.05) is 33.5 Å². The number of aromatic nitrogens is 3. The molecule has 4 N–H and O–H groups in total. The fourth-order valence-corrected chi connectivity index (χ4v) is 4.14. The average molecular weight is 636 g/mol. The molecule has 0 bridgehead atoms. The number of hydrogen-bond acceptors (Lipinski definition) is 12. The normalized spacial score (nSPS) is 12.7. The molecular weight excluding hydrogens is 594 g/mol. The third-order valence-corrected chi connectivity index (χ3v) is 6.53. The molecule has 2 atom stereocenters. The molecule has 2 unspecified atom stereocenters. The second-order valence-corrected chi connectivity index (χ2v) is 11.1. The molecule has 0 amide bonds. The third-order valence-electron chi connectivity index (χ3n) is 6.53. The van der Waals surface area contributed by atoms with Crippen molar-refractivity contribution < 1.29 is 44.1 Å². The van der Waals surface area contributed by atoms with Gasteiger partial charge in [0.1, 0.15) is 54.2 Å². The van der Waals surface area contributed by atoms with Crippen LogP contribution in [0.4, 0.5) is 0 Å². The Morgan fingerprint density at radius 3 is 1.39 bits per heavy atom. The van der Waals surface area contributed by atoms with Gasteiger partial charge in [0.25, 0.3) is 0 Å². The maximum atomic E-state index is 10.9. The molecule has 4 rings (SSSR count). The minimum absolute atomic E-state index is 0.0320. The summed E-state index contributed by atoms with van der Waals surface area (Å²) in [5, 5.41) is 42.2. The zero-order chi connectivity index (χ0) is 33.2. The van der Waals surface area contributed by atoms with Crippen LogP contribution in [0.3, 0.4) is 0 Å². The van der Waals surface area contributed by atoms with Gasteiger partial charge in [-0.2, -0.15) is 0 Å². The third kappa shape index (κ3) is 9.75. The summed E-state index contributed by atoms with van der Waals surface area (Å²) >= 11 is 0. The van der Waals surface area contributed by atoms with Crippen LogP contribution in [0.2, 0.25) is 0 Å². The van der Waals surface area contributed by atoms with E-state index in [1.165, 1.54) is 12.1 Å². The highest BCUT2D eigenvalue weighted by molar-refractivity contribution is 5.73. The summed E-state index contributed by atoms with van der Waals surface area (Å²) in [5.74, 6) is 1.61. The molecule has 3 aromatic carbocycles. The van der Waals surface area contributed by atoms with E-state index in [1.807, 2.05) is 27.7 Å². The lowest BCUT2D eigenvalue weighted by Gasteiger charge is -2.16. The number of aliphatic hydroxyl groups excluding tert-OH is 2. The minimum atomic E-state index is -0.855. The second kappa shape index (κ2) is 16.2. The van der Waals surface area contributed by atoms with Gasteiger partial charge in [-0.15, -0.1) is 0 Å². The topological polar surface area (TPSA) is 166 Å². The zero-order valence-electron chi connectivity index (χ0n) is 26.6. The molecule has 0 aliphatic carbocycles. The number of phenols is 2. The smallest absolute Gasteiger partial charge is 0.167 e. The molecule has 0 spiro atoms. The molecule has 0 fully saturated rings. The Bertz CT molecular complexity index is 1470. The number of phenolic OH excluding ortho intramolecular Hbond substituents is 2. The summed E-state index contributed by atoms with van der Waals surface area (Å²) < 4.78 is 27.7. The first-order chi connectivity index (χ1) is 22.0. The van der Waals surface area contributed by atoms with Crippen molar-refractivity contribution in [3.63, 3.8) is 0 Å². The van der Waals surface area contributed by atoms with E-state index >= 15 is 0 Å². The Balaban J connectivity index is 1.70. The summed E-state index contributed by atoms with van der Waals surface area (Å²) in [6, 6.07) is 16.2. The van der Waals surface area contributed by atoms with Crippen molar-refractivity contribution in [3.8, 4) is 62.9 Å². The van der Waals surface area contributed by atoms with Gasteiger partial charge >= 0.3 is 0 Å². The van der Waals surface area contributed by atoms with Crippen LogP contribution >= 0.6 is 0 Å². The molecule has 0 saturated carbocycles. The lowest BCUT2D eigenvalue weighted by Crippen LogP contribution is -2.25. The van der Waals surface area contributed by atoms with Crippen LogP contribution in [-0.2, 0) is 9.47 Å². The molecule has 4 aromatic rings. The molecule has 0 aliphatic rings. The maximum Gasteiger partial charge on any atom is 0.167 e. The van der Waals surface area contributed by atoms with E-state index in [1.54, 1.807) is 55.6 Å². The Kier molecular flexibility index (Phi) is 12.1.